The van der Waals surface area contributed by atoms with Crippen LogP contribution in [0.15, 0.2) is 0 Å². The normalized spacial score (nSPS) is 12.4. The Bertz CT molecular complexity index is 239. The van der Waals surface area contributed by atoms with Crippen molar-refractivity contribution >= 4 is 11.8 Å². The molecule has 0 saturated carbocycles. The maximum Gasteiger partial charge on any atom is 0.236 e. The Kier molecular flexibility index (Phi) is 6.72. The van der Waals surface area contributed by atoms with E-state index < -0.39 is 6.04 Å². The van der Waals surface area contributed by atoms with E-state index in [4.69, 9.17) is 5.73 Å². The summed E-state index contributed by atoms with van der Waals surface area (Å²) in [5.74, 6) is 0.210. The SMILES string of the molecule is CC(C)C[C@@H](N)C(=O)NCCC(=O)N(C)C. The zero-order chi connectivity index (χ0) is 12.7. The summed E-state index contributed by atoms with van der Waals surface area (Å²) in [6.07, 6.45) is 0.973. The Labute approximate surface area is 97.4 Å². The van der Waals surface area contributed by atoms with E-state index in [2.05, 4.69) is 5.32 Å². The van der Waals surface area contributed by atoms with Gasteiger partial charge in [0.25, 0.3) is 0 Å². The number of nitrogens with two attached hydrogens (primary N) is 1. The molecule has 2 amide bonds. The van der Waals surface area contributed by atoms with E-state index in [9.17, 15) is 9.59 Å². The summed E-state index contributed by atoms with van der Waals surface area (Å²) in [7, 11) is 3.38. The molecule has 3 N–H and O–H groups in total. The van der Waals surface area contributed by atoms with E-state index in [0.29, 0.717) is 25.3 Å². The van der Waals surface area contributed by atoms with Crippen LogP contribution in [-0.4, -0.2) is 43.4 Å². The smallest absolute Gasteiger partial charge is 0.236 e. The molecule has 0 heterocycles. The van der Waals surface area contributed by atoms with E-state index in [1.165, 1.54) is 4.90 Å². The first-order chi connectivity index (χ1) is 7.34. The molecule has 0 aromatic rings. The number of carbonyl (C=O) groups excluding carboxylic acids is 2. The Morgan fingerprint density at radius 1 is 1.31 bits per heavy atom. The van der Waals surface area contributed by atoms with E-state index in [1.807, 2.05) is 13.8 Å². The molecule has 5 nitrogen and oxygen atoms in total. The van der Waals surface area contributed by atoms with Gasteiger partial charge in [0.1, 0.15) is 0 Å². The zero-order valence-electron chi connectivity index (χ0n) is 10.6. The van der Waals surface area contributed by atoms with Gasteiger partial charge in [0.05, 0.1) is 6.04 Å². The average molecular weight is 229 g/mol. The predicted molar refractivity (Wildman–Crippen MR) is 63.8 cm³/mol. The van der Waals surface area contributed by atoms with Crippen LogP contribution in [0.5, 0.6) is 0 Å². The standard InChI is InChI=1S/C11H23N3O2/c1-8(2)7-9(12)11(16)13-6-5-10(15)14(3)4/h8-9H,5-7,12H2,1-4H3,(H,13,16)/t9-/m1/s1. The number of amides is 2. The van der Waals surface area contributed by atoms with Crippen molar-refractivity contribution in [3.63, 3.8) is 0 Å². The van der Waals surface area contributed by atoms with Crippen LogP contribution in [0.2, 0.25) is 0 Å². The van der Waals surface area contributed by atoms with E-state index in [-0.39, 0.29) is 11.8 Å². The van der Waals surface area contributed by atoms with Gasteiger partial charge in [-0.2, -0.15) is 0 Å². The Morgan fingerprint density at radius 3 is 2.31 bits per heavy atom. The van der Waals surface area contributed by atoms with Crippen molar-refractivity contribution in [2.45, 2.75) is 32.7 Å². The van der Waals surface area contributed by atoms with Gasteiger partial charge in [-0.3, -0.25) is 9.59 Å². The molecule has 0 unspecified atom stereocenters. The van der Waals surface area contributed by atoms with E-state index in [0.717, 1.165) is 0 Å². The fourth-order valence-corrected chi connectivity index (χ4v) is 1.26. The number of nitrogens with one attached hydrogen (secondary N) is 1. The van der Waals surface area contributed by atoms with Crippen LogP contribution in [0.25, 0.3) is 0 Å². The predicted octanol–water partition coefficient (Wildman–Crippen LogP) is -0.0457. The van der Waals surface area contributed by atoms with Crippen LogP contribution in [0.4, 0.5) is 0 Å². The van der Waals surface area contributed by atoms with Crippen LogP contribution < -0.4 is 11.1 Å². The summed E-state index contributed by atoms with van der Waals surface area (Å²) in [6, 6.07) is -0.477. The van der Waals surface area contributed by atoms with Crippen molar-refractivity contribution in [1.29, 1.82) is 0 Å². The van der Waals surface area contributed by atoms with Gasteiger partial charge >= 0.3 is 0 Å². The molecule has 0 aliphatic rings. The number of hydrogen-bond acceptors (Lipinski definition) is 3. The lowest BCUT2D eigenvalue weighted by Crippen LogP contribution is -2.42. The van der Waals surface area contributed by atoms with Crippen LogP contribution in [-0.2, 0) is 9.59 Å². The maximum absolute atomic E-state index is 11.5. The second-order valence-electron chi connectivity index (χ2n) is 4.57. The van der Waals surface area contributed by atoms with Gasteiger partial charge in [-0.05, 0) is 12.3 Å². The largest absolute Gasteiger partial charge is 0.354 e. The highest BCUT2D eigenvalue weighted by Gasteiger charge is 2.14. The van der Waals surface area contributed by atoms with Crippen LogP contribution >= 0.6 is 0 Å². The molecule has 1 atom stereocenters. The molecule has 0 rings (SSSR count). The Balaban J connectivity index is 3.77. The second-order valence-corrected chi connectivity index (χ2v) is 4.57. The molecule has 5 heteroatoms. The Morgan fingerprint density at radius 2 is 1.88 bits per heavy atom. The molecule has 0 fully saturated rings. The van der Waals surface area contributed by atoms with Gasteiger partial charge in [-0.15, -0.1) is 0 Å². The molecule has 94 valence electrons. The molecule has 0 aliphatic heterocycles. The summed E-state index contributed by atoms with van der Waals surface area (Å²) in [4.78, 5) is 24.2. The average Bonchev–Trinajstić information content (AvgIpc) is 2.15. The molecule has 0 aliphatic carbocycles. The first-order valence-electron chi connectivity index (χ1n) is 5.58. The molecular weight excluding hydrogens is 206 g/mol. The molecule has 16 heavy (non-hydrogen) atoms. The highest BCUT2D eigenvalue weighted by molar-refractivity contribution is 5.82. The summed E-state index contributed by atoms with van der Waals surface area (Å²) < 4.78 is 0. The lowest BCUT2D eigenvalue weighted by atomic mass is 10.0. The van der Waals surface area contributed by atoms with Gasteiger partial charge < -0.3 is 16.0 Å². The second kappa shape index (κ2) is 7.22. The quantitative estimate of drug-likeness (QED) is 0.671. The van der Waals surface area contributed by atoms with Crippen LogP contribution in [0.1, 0.15) is 26.7 Å². The first kappa shape index (κ1) is 14.9. The monoisotopic (exact) mass is 229 g/mol. The molecule has 0 aromatic heterocycles. The number of rotatable bonds is 6. The topological polar surface area (TPSA) is 75.4 Å². The summed E-state index contributed by atoms with van der Waals surface area (Å²) in [5.41, 5.74) is 5.69. The minimum atomic E-state index is -0.477. The fraction of sp³-hybridized carbons (Fsp3) is 0.818. The van der Waals surface area contributed by atoms with Crippen molar-refractivity contribution in [1.82, 2.24) is 10.2 Å². The van der Waals surface area contributed by atoms with Crippen molar-refractivity contribution < 1.29 is 9.59 Å². The summed E-state index contributed by atoms with van der Waals surface area (Å²) >= 11 is 0. The van der Waals surface area contributed by atoms with Gasteiger partial charge in [-0.1, -0.05) is 13.8 Å². The highest BCUT2D eigenvalue weighted by atomic mass is 16.2. The number of carbonyl (C=O) groups is 2. The van der Waals surface area contributed by atoms with Crippen molar-refractivity contribution in [2.75, 3.05) is 20.6 Å². The molecule has 0 radical (unpaired) electrons. The molecule has 0 bridgehead atoms. The summed E-state index contributed by atoms with van der Waals surface area (Å²) in [5, 5.41) is 2.66. The zero-order valence-corrected chi connectivity index (χ0v) is 10.6. The fourth-order valence-electron chi connectivity index (χ4n) is 1.26. The number of hydrogen-bond donors (Lipinski definition) is 2. The molecular formula is C11H23N3O2. The third kappa shape index (κ3) is 6.40. The minimum Gasteiger partial charge on any atom is -0.354 e. The number of nitrogens with zero attached hydrogens (tertiary/aromatic N) is 1. The van der Waals surface area contributed by atoms with Crippen molar-refractivity contribution in [3.8, 4) is 0 Å². The van der Waals surface area contributed by atoms with Gasteiger partial charge in [0.15, 0.2) is 0 Å². The maximum atomic E-state index is 11.5. The molecule has 0 saturated heterocycles. The Hall–Kier alpha value is -1.10. The van der Waals surface area contributed by atoms with Crippen LogP contribution in [0.3, 0.4) is 0 Å². The minimum absolute atomic E-state index is 0.00210. The van der Waals surface area contributed by atoms with Crippen LogP contribution in [0, 0.1) is 5.92 Å². The third-order valence-corrected chi connectivity index (χ3v) is 2.20. The molecule has 0 spiro atoms. The summed E-state index contributed by atoms with van der Waals surface area (Å²) in [6.45, 7) is 4.38. The highest BCUT2D eigenvalue weighted by Crippen LogP contribution is 2.02. The lowest BCUT2D eigenvalue weighted by Gasteiger charge is -2.15. The van der Waals surface area contributed by atoms with Gasteiger partial charge in [-0.25, -0.2) is 0 Å². The van der Waals surface area contributed by atoms with E-state index in [1.54, 1.807) is 14.1 Å². The van der Waals surface area contributed by atoms with Crippen molar-refractivity contribution in [3.05, 3.63) is 0 Å². The van der Waals surface area contributed by atoms with E-state index >= 15 is 0 Å². The first-order valence-corrected chi connectivity index (χ1v) is 5.58. The third-order valence-electron chi connectivity index (χ3n) is 2.20. The van der Waals surface area contributed by atoms with Gasteiger partial charge in [0, 0.05) is 27.1 Å². The molecule has 0 aromatic carbocycles. The lowest BCUT2D eigenvalue weighted by molar-refractivity contribution is -0.128. The van der Waals surface area contributed by atoms with Crippen molar-refractivity contribution in [2.24, 2.45) is 11.7 Å². The van der Waals surface area contributed by atoms with Gasteiger partial charge in [0.2, 0.25) is 11.8 Å².